The summed E-state index contributed by atoms with van der Waals surface area (Å²) >= 11 is 0. The number of hydrogen-bond acceptors (Lipinski definition) is 3. The normalized spacial score (nSPS) is 13.9. The highest BCUT2D eigenvalue weighted by molar-refractivity contribution is 5.98. The minimum atomic E-state index is -0.640. The van der Waals surface area contributed by atoms with E-state index in [2.05, 4.69) is 15.6 Å². The molecule has 6 nitrogen and oxygen atoms in total. The maximum Gasteiger partial charge on any atom is 0.261 e. The molecule has 1 aliphatic rings. The number of carbonyl (C=O) groups excluding carboxylic acids is 2. The third-order valence-electron chi connectivity index (χ3n) is 3.40. The molecule has 1 heterocycles. The van der Waals surface area contributed by atoms with E-state index in [0.717, 1.165) is 12.8 Å². The van der Waals surface area contributed by atoms with Gasteiger partial charge in [-0.05, 0) is 42.5 Å². The van der Waals surface area contributed by atoms with Gasteiger partial charge in [0.1, 0.15) is 11.4 Å². The Hall–Kier alpha value is -2.70. The summed E-state index contributed by atoms with van der Waals surface area (Å²) in [6.07, 6.45) is 1.92. The van der Waals surface area contributed by atoms with Gasteiger partial charge in [0.2, 0.25) is 5.91 Å². The summed E-state index contributed by atoms with van der Waals surface area (Å²) in [5, 5.41) is 5.67. The van der Waals surface area contributed by atoms with Crippen molar-refractivity contribution in [1.29, 1.82) is 0 Å². The molecule has 2 amide bonds. The summed E-state index contributed by atoms with van der Waals surface area (Å²) in [6, 6.07) is 5.48. The van der Waals surface area contributed by atoms with Gasteiger partial charge < -0.3 is 15.6 Å². The van der Waals surface area contributed by atoms with Crippen molar-refractivity contribution < 1.29 is 14.0 Å². The minimum Gasteiger partial charge on any atom is -0.352 e. The zero-order valence-electron chi connectivity index (χ0n) is 11.6. The topological polar surface area (TPSA) is 91.1 Å². The monoisotopic (exact) mass is 303 g/mol. The lowest BCUT2D eigenvalue weighted by Gasteiger charge is -2.06. The predicted molar refractivity (Wildman–Crippen MR) is 78.0 cm³/mol. The fraction of sp³-hybridized carbons (Fsp3) is 0.267. The van der Waals surface area contributed by atoms with Crippen LogP contribution in [0.4, 0.5) is 4.39 Å². The lowest BCUT2D eigenvalue weighted by Crippen LogP contribution is -2.39. The first-order valence-corrected chi connectivity index (χ1v) is 6.93. The number of nitrogens with one attached hydrogen (secondary N) is 3. The molecule has 114 valence electrons. The molecule has 3 rings (SSSR count). The van der Waals surface area contributed by atoms with Crippen LogP contribution in [0.5, 0.6) is 0 Å². The highest BCUT2D eigenvalue weighted by Gasteiger charge is 2.23. The first kappa shape index (κ1) is 14.2. The molecule has 22 heavy (non-hydrogen) atoms. The number of fused-ring (bicyclic) bond motifs is 1. The zero-order valence-corrected chi connectivity index (χ0v) is 11.6. The van der Waals surface area contributed by atoms with Gasteiger partial charge in [-0.3, -0.25) is 14.4 Å². The van der Waals surface area contributed by atoms with Crippen molar-refractivity contribution in [3.05, 3.63) is 46.0 Å². The van der Waals surface area contributed by atoms with Crippen LogP contribution >= 0.6 is 0 Å². The van der Waals surface area contributed by atoms with Crippen LogP contribution in [0.25, 0.3) is 10.9 Å². The predicted octanol–water partition coefficient (Wildman–Crippen LogP) is 0.676. The second kappa shape index (κ2) is 5.59. The Morgan fingerprint density at radius 1 is 1.27 bits per heavy atom. The van der Waals surface area contributed by atoms with E-state index in [1.54, 1.807) is 0 Å². The fourth-order valence-electron chi connectivity index (χ4n) is 2.10. The molecule has 7 heteroatoms. The molecule has 1 aromatic heterocycles. The average Bonchev–Trinajstić information content (AvgIpc) is 3.28. The highest BCUT2D eigenvalue weighted by atomic mass is 19.1. The van der Waals surface area contributed by atoms with Gasteiger partial charge in [0.15, 0.2) is 0 Å². The molecule has 0 spiro atoms. The summed E-state index contributed by atoms with van der Waals surface area (Å²) in [4.78, 5) is 37.8. The van der Waals surface area contributed by atoms with E-state index >= 15 is 0 Å². The molecule has 0 bridgehead atoms. The van der Waals surface area contributed by atoms with E-state index in [-0.39, 0.29) is 24.1 Å². The van der Waals surface area contributed by atoms with Gasteiger partial charge in [0.05, 0.1) is 12.1 Å². The van der Waals surface area contributed by atoms with Crippen LogP contribution in [0, 0.1) is 5.82 Å². The average molecular weight is 303 g/mol. The van der Waals surface area contributed by atoms with Crippen molar-refractivity contribution in [2.75, 3.05) is 6.54 Å². The molecular formula is C15H14FN3O3. The van der Waals surface area contributed by atoms with Gasteiger partial charge >= 0.3 is 0 Å². The summed E-state index contributed by atoms with van der Waals surface area (Å²) in [5.41, 5.74) is -0.426. The minimum absolute atomic E-state index is 0.113. The summed E-state index contributed by atoms with van der Waals surface area (Å²) in [5.74, 6) is -1.40. The van der Waals surface area contributed by atoms with Crippen LogP contribution in [0.3, 0.4) is 0 Å². The molecule has 1 aliphatic carbocycles. The SMILES string of the molecule is O=C(CNC(=O)c1cc2ccc(F)cc2[nH]c1=O)NC1CC1. The van der Waals surface area contributed by atoms with Gasteiger partial charge in [-0.25, -0.2) is 4.39 Å². The summed E-state index contributed by atoms with van der Waals surface area (Å²) in [7, 11) is 0. The molecule has 2 aromatic rings. The van der Waals surface area contributed by atoms with Gasteiger partial charge in [0, 0.05) is 6.04 Å². The molecule has 0 unspecified atom stereocenters. The van der Waals surface area contributed by atoms with E-state index in [4.69, 9.17) is 0 Å². The number of rotatable bonds is 4. The molecule has 3 N–H and O–H groups in total. The van der Waals surface area contributed by atoms with E-state index in [9.17, 15) is 18.8 Å². The molecule has 1 fully saturated rings. The smallest absolute Gasteiger partial charge is 0.261 e. The van der Waals surface area contributed by atoms with E-state index in [1.165, 1.54) is 24.3 Å². The van der Waals surface area contributed by atoms with Crippen LogP contribution in [-0.2, 0) is 4.79 Å². The van der Waals surface area contributed by atoms with Crippen LogP contribution in [0.15, 0.2) is 29.1 Å². The second-order valence-corrected chi connectivity index (χ2v) is 5.27. The first-order valence-electron chi connectivity index (χ1n) is 6.93. The third kappa shape index (κ3) is 3.13. The fourth-order valence-corrected chi connectivity index (χ4v) is 2.10. The Morgan fingerprint density at radius 2 is 2.05 bits per heavy atom. The van der Waals surface area contributed by atoms with Crippen molar-refractivity contribution in [2.45, 2.75) is 18.9 Å². The Morgan fingerprint density at radius 3 is 2.77 bits per heavy atom. The van der Waals surface area contributed by atoms with E-state index in [1.807, 2.05) is 0 Å². The number of aromatic amines is 1. The van der Waals surface area contributed by atoms with E-state index in [0.29, 0.717) is 10.9 Å². The molecule has 1 aromatic carbocycles. The quantitative estimate of drug-likeness (QED) is 0.775. The maximum absolute atomic E-state index is 13.1. The van der Waals surface area contributed by atoms with Crippen LogP contribution < -0.4 is 16.2 Å². The molecule has 0 saturated heterocycles. The number of pyridine rings is 1. The van der Waals surface area contributed by atoms with Gasteiger partial charge in [-0.15, -0.1) is 0 Å². The van der Waals surface area contributed by atoms with Gasteiger partial charge in [-0.2, -0.15) is 0 Å². The van der Waals surface area contributed by atoms with Crippen molar-refractivity contribution >= 4 is 22.7 Å². The zero-order chi connectivity index (χ0) is 15.7. The standard InChI is InChI=1S/C15H14FN3O3/c16-9-2-1-8-5-11(15(22)19-12(8)6-9)14(21)17-7-13(20)18-10-3-4-10/h1-2,5-6,10H,3-4,7H2,(H,17,21)(H,18,20)(H,19,22). The summed E-state index contributed by atoms with van der Waals surface area (Å²) < 4.78 is 13.1. The van der Waals surface area contributed by atoms with Crippen LogP contribution in [-0.4, -0.2) is 29.4 Å². The molecule has 0 atom stereocenters. The first-order chi connectivity index (χ1) is 10.5. The van der Waals surface area contributed by atoms with Crippen LogP contribution in [0.2, 0.25) is 0 Å². The number of aromatic nitrogens is 1. The van der Waals surface area contributed by atoms with Gasteiger partial charge in [0.25, 0.3) is 11.5 Å². The molecule has 1 saturated carbocycles. The Balaban J connectivity index is 1.75. The number of hydrogen-bond donors (Lipinski definition) is 3. The van der Waals surface area contributed by atoms with Crippen molar-refractivity contribution in [3.8, 4) is 0 Å². The second-order valence-electron chi connectivity index (χ2n) is 5.27. The Labute approximate surface area is 124 Å². The van der Waals surface area contributed by atoms with Crippen molar-refractivity contribution in [3.63, 3.8) is 0 Å². The highest BCUT2D eigenvalue weighted by Crippen LogP contribution is 2.18. The van der Waals surface area contributed by atoms with Crippen molar-refractivity contribution in [1.82, 2.24) is 15.6 Å². The van der Waals surface area contributed by atoms with Gasteiger partial charge in [-0.1, -0.05) is 0 Å². The number of amides is 2. The lowest BCUT2D eigenvalue weighted by atomic mass is 10.1. The Kier molecular flexibility index (Phi) is 3.62. The third-order valence-corrected chi connectivity index (χ3v) is 3.40. The van der Waals surface area contributed by atoms with Crippen molar-refractivity contribution in [2.24, 2.45) is 0 Å². The number of carbonyl (C=O) groups is 2. The number of H-pyrrole nitrogens is 1. The number of benzene rings is 1. The molecule has 0 radical (unpaired) electrons. The largest absolute Gasteiger partial charge is 0.352 e. The van der Waals surface area contributed by atoms with E-state index < -0.39 is 17.3 Å². The maximum atomic E-state index is 13.1. The molecular weight excluding hydrogens is 289 g/mol. The lowest BCUT2D eigenvalue weighted by molar-refractivity contribution is -0.120. The van der Waals surface area contributed by atoms with Crippen LogP contribution in [0.1, 0.15) is 23.2 Å². The summed E-state index contributed by atoms with van der Waals surface area (Å²) in [6.45, 7) is -0.184. The Bertz CT molecular complexity index is 811. The number of halogens is 1. The molecule has 0 aliphatic heterocycles.